The van der Waals surface area contributed by atoms with Gasteiger partial charge in [0.2, 0.25) is 5.91 Å². The van der Waals surface area contributed by atoms with Gasteiger partial charge in [0, 0.05) is 30.0 Å². The van der Waals surface area contributed by atoms with Crippen molar-refractivity contribution < 1.29 is 4.79 Å². The monoisotopic (exact) mass is 338 g/mol. The van der Waals surface area contributed by atoms with Crippen LogP contribution in [-0.2, 0) is 11.3 Å². The normalized spacial score (nSPS) is 21.9. The Hall–Kier alpha value is -0.870. The van der Waals surface area contributed by atoms with E-state index in [2.05, 4.69) is 28.1 Å². The van der Waals surface area contributed by atoms with Crippen molar-refractivity contribution in [2.75, 3.05) is 6.54 Å². The van der Waals surface area contributed by atoms with E-state index in [4.69, 9.17) is 5.73 Å². The minimum atomic E-state index is 0.212. The van der Waals surface area contributed by atoms with E-state index in [1.165, 1.54) is 0 Å². The van der Waals surface area contributed by atoms with Crippen molar-refractivity contribution in [1.29, 1.82) is 0 Å². The predicted molar refractivity (Wildman–Crippen MR) is 85.2 cm³/mol. The van der Waals surface area contributed by atoms with Gasteiger partial charge in [0.15, 0.2) is 0 Å². The SMILES string of the molecule is CCN(Cc1cccc(Br)c1)C(=O)C[C@@H]1CCC[C@H]1N. The summed E-state index contributed by atoms with van der Waals surface area (Å²) in [6.45, 7) is 3.45. The second-order valence-electron chi connectivity index (χ2n) is 5.60. The highest BCUT2D eigenvalue weighted by Crippen LogP contribution is 2.27. The van der Waals surface area contributed by atoms with Gasteiger partial charge < -0.3 is 10.6 Å². The van der Waals surface area contributed by atoms with Crippen molar-refractivity contribution in [2.45, 2.75) is 45.2 Å². The van der Waals surface area contributed by atoms with E-state index in [0.29, 0.717) is 18.9 Å². The number of rotatable bonds is 5. The molecular formula is C16H23BrN2O. The molecule has 0 spiro atoms. The minimum absolute atomic E-state index is 0.212. The van der Waals surface area contributed by atoms with Gasteiger partial charge in [-0.15, -0.1) is 0 Å². The summed E-state index contributed by atoms with van der Waals surface area (Å²) in [5.41, 5.74) is 7.22. The number of carbonyl (C=O) groups is 1. The van der Waals surface area contributed by atoms with E-state index in [1.807, 2.05) is 24.0 Å². The van der Waals surface area contributed by atoms with E-state index < -0.39 is 0 Å². The molecule has 20 heavy (non-hydrogen) atoms. The minimum Gasteiger partial charge on any atom is -0.339 e. The van der Waals surface area contributed by atoms with Gasteiger partial charge in [-0.2, -0.15) is 0 Å². The lowest BCUT2D eigenvalue weighted by molar-refractivity contribution is -0.132. The lowest BCUT2D eigenvalue weighted by Gasteiger charge is -2.24. The van der Waals surface area contributed by atoms with Gasteiger partial charge in [-0.1, -0.05) is 34.5 Å². The molecule has 1 amide bonds. The highest BCUT2D eigenvalue weighted by molar-refractivity contribution is 9.10. The average Bonchev–Trinajstić information content (AvgIpc) is 2.81. The van der Waals surface area contributed by atoms with Crippen LogP contribution in [0.2, 0.25) is 0 Å². The number of nitrogens with two attached hydrogens (primary N) is 1. The third-order valence-electron chi connectivity index (χ3n) is 4.15. The molecule has 2 N–H and O–H groups in total. The molecule has 1 saturated carbocycles. The smallest absolute Gasteiger partial charge is 0.223 e. The van der Waals surface area contributed by atoms with Crippen molar-refractivity contribution in [2.24, 2.45) is 11.7 Å². The lowest BCUT2D eigenvalue weighted by Crippen LogP contribution is -2.34. The number of amides is 1. The molecule has 0 aliphatic heterocycles. The average molecular weight is 339 g/mol. The van der Waals surface area contributed by atoms with Gasteiger partial charge in [0.25, 0.3) is 0 Å². The predicted octanol–water partition coefficient (Wildman–Crippen LogP) is 3.32. The Labute approximate surface area is 129 Å². The fourth-order valence-electron chi connectivity index (χ4n) is 2.90. The van der Waals surface area contributed by atoms with E-state index >= 15 is 0 Å². The van der Waals surface area contributed by atoms with Gasteiger partial charge >= 0.3 is 0 Å². The molecule has 0 saturated heterocycles. The van der Waals surface area contributed by atoms with Crippen LogP contribution in [-0.4, -0.2) is 23.4 Å². The second-order valence-corrected chi connectivity index (χ2v) is 6.51. The Balaban J connectivity index is 1.95. The first-order valence-electron chi connectivity index (χ1n) is 7.38. The molecule has 2 atom stereocenters. The van der Waals surface area contributed by atoms with Gasteiger partial charge in [-0.05, 0) is 43.4 Å². The first-order valence-corrected chi connectivity index (χ1v) is 8.17. The molecule has 0 heterocycles. The Morgan fingerprint density at radius 3 is 2.85 bits per heavy atom. The van der Waals surface area contributed by atoms with Gasteiger partial charge in [-0.25, -0.2) is 0 Å². The Kier molecular flexibility index (Phi) is 5.61. The highest BCUT2D eigenvalue weighted by atomic mass is 79.9. The maximum atomic E-state index is 12.4. The maximum absolute atomic E-state index is 12.4. The van der Waals surface area contributed by atoms with Gasteiger partial charge in [0.05, 0.1) is 0 Å². The molecule has 3 nitrogen and oxygen atoms in total. The standard InChI is InChI=1S/C16H23BrN2O/c1-2-19(11-12-5-3-7-14(17)9-12)16(20)10-13-6-4-8-15(13)18/h3,5,7,9,13,15H,2,4,6,8,10-11,18H2,1H3/t13-,15+/m0/s1. The van der Waals surface area contributed by atoms with Gasteiger partial charge in [-0.3, -0.25) is 4.79 Å². The molecular weight excluding hydrogens is 316 g/mol. The topological polar surface area (TPSA) is 46.3 Å². The maximum Gasteiger partial charge on any atom is 0.223 e. The molecule has 0 radical (unpaired) electrons. The summed E-state index contributed by atoms with van der Waals surface area (Å²) in [7, 11) is 0. The van der Waals surface area contributed by atoms with Crippen LogP contribution in [0.5, 0.6) is 0 Å². The lowest BCUT2D eigenvalue weighted by atomic mass is 9.99. The number of hydrogen-bond donors (Lipinski definition) is 1. The third-order valence-corrected chi connectivity index (χ3v) is 4.64. The summed E-state index contributed by atoms with van der Waals surface area (Å²) >= 11 is 3.47. The third kappa shape index (κ3) is 4.06. The first kappa shape index (κ1) is 15.5. The fourth-order valence-corrected chi connectivity index (χ4v) is 3.35. The van der Waals surface area contributed by atoms with E-state index in [1.54, 1.807) is 0 Å². The number of hydrogen-bond acceptors (Lipinski definition) is 2. The van der Waals surface area contributed by atoms with Crippen molar-refractivity contribution in [1.82, 2.24) is 4.90 Å². The molecule has 0 bridgehead atoms. The second kappa shape index (κ2) is 7.23. The molecule has 4 heteroatoms. The van der Waals surface area contributed by atoms with E-state index in [-0.39, 0.29) is 11.9 Å². The molecule has 110 valence electrons. The van der Waals surface area contributed by atoms with Crippen molar-refractivity contribution >= 4 is 21.8 Å². The van der Waals surface area contributed by atoms with Crippen molar-refractivity contribution in [3.63, 3.8) is 0 Å². The van der Waals surface area contributed by atoms with Crippen LogP contribution >= 0.6 is 15.9 Å². The van der Waals surface area contributed by atoms with Crippen LogP contribution in [0.3, 0.4) is 0 Å². The molecule has 1 aromatic rings. The van der Waals surface area contributed by atoms with Crippen LogP contribution < -0.4 is 5.73 Å². The summed E-state index contributed by atoms with van der Waals surface area (Å²) in [5.74, 6) is 0.605. The van der Waals surface area contributed by atoms with Crippen molar-refractivity contribution in [3.8, 4) is 0 Å². The van der Waals surface area contributed by atoms with E-state index in [9.17, 15) is 4.79 Å². The first-order chi connectivity index (χ1) is 9.60. The molecule has 2 rings (SSSR count). The molecule has 1 aliphatic rings. The molecule has 1 aliphatic carbocycles. The van der Waals surface area contributed by atoms with Crippen molar-refractivity contribution in [3.05, 3.63) is 34.3 Å². The highest BCUT2D eigenvalue weighted by Gasteiger charge is 2.27. The molecule has 1 aromatic carbocycles. The zero-order valence-electron chi connectivity index (χ0n) is 12.0. The molecule has 1 fully saturated rings. The van der Waals surface area contributed by atoms with E-state index in [0.717, 1.165) is 35.8 Å². The number of nitrogens with zero attached hydrogens (tertiary/aromatic N) is 1. The van der Waals surface area contributed by atoms with Crippen LogP contribution in [0.4, 0.5) is 0 Å². The fraction of sp³-hybridized carbons (Fsp3) is 0.562. The quantitative estimate of drug-likeness (QED) is 0.895. The summed E-state index contributed by atoms with van der Waals surface area (Å²) in [4.78, 5) is 14.3. The van der Waals surface area contributed by atoms with Gasteiger partial charge in [0.1, 0.15) is 0 Å². The summed E-state index contributed by atoms with van der Waals surface area (Å²) in [6, 6.07) is 8.34. The molecule has 0 unspecified atom stereocenters. The largest absolute Gasteiger partial charge is 0.339 e. The summed E-state index contributed by atoms with van der Waals surface area (Å²) in [6.07, 6.45) is 3.93. The van der Waals surface area contributed by atoms with Crippen LogP contribution in [0.15, 0.2) is 28.7 Å². The van der Waals surface area contributed by atoms with Crippen LogP contribution in [0.1, 0.15) is 38.2 Å². The zero-order chi connectivity index (χ0) is 14.5. The zero-order valence-corrected chi connectivity index (χ0v) is 13.6. The Morgan fingerprint density at radius 1 is 1.45 bits per heavy atom. The number of benzene rings is 1. The Bertz CT molecular complexity index is 464. The number of carbonyl (C=O) groups excluding carboxylic acids is 1. The van der Waals surface area contributed by atoms with Crippen LogP contribution in [0.25, 0.3) is 0 Å². The molecule has 0 aromatic heterocycles. The van der Waals surface area contributed by atoms with Crippen LogP contribution in [0, 0.1) is 5.92 Å². The summed E-state index contributed by atoms with van der Waals surface area (Å²) < 4.78 is 1.05. The Morgan fingerprint density at radius 2 is 2.25 bits per heavy atom. The number of halogens is 1. The summed E-state index contributed by atoms with van der Waals surface area (Å²) in [5, 5.41) is 0.